The highest BCUT2D eigenvalue weighted by atomic mass is 35.5. The highest BCUT2D eigenvalue weighted by Gasteiger charge is 2.25. The van der Waals surface area contributed by atoms with E-state index in [4.69, 9.17) is 25.6 Å². The molecule has 3 heterocycles. The van der Waals surface area contributed by atoms with E-state index in [0.29, 0.717) is 53.4 Å². The maximum Gasteiger partial charge on any atom is 0.258 e. The van der Waals surface area contributed by atoms with Gasteiger partial charge in [-0.1, -0.05) is 22.8 Å². The fourth-order valence-electron chi connectivity index (χ4n) is 3.58. The van der Waals surface area contributed by atoms with E-state index in [2.05, 4.69) is 15.0 Å². The smallest absolute Gasteiger partial charge is 0.258 e. The molecule has 154 valence electrons. The van der Waals surface area contributed by atoms with Crippen molar-refractivity contribution in [2.45, 2.75) is 6.54 Å². The first-order chi connectivity index (χ1) is 14.7. The average Bonchev–Trinajstić information content (AvgIpc) is 3.43. The lowest BCUT2D eigenvalue weighted by atomic mass is 10.1. The Kier molecular flexibility index (Phi) is 5.02. The summed E-state index contributed by atoms with van der Waals surface area (Å²) >= 11 is 6.02. The van der Waals surface area contributed by atoms with E-state index in [0.717, 1.165) is 18.7 Å². The lowest BCUT2D eigenvalue weighted by molar-refractivity contribution is 0.0624. The zero-order valence-electron chi connectivity index (χ0n) is 16.1. The molecule has 1 amide bonds. The summed E-state index contributed by atoms with van der Waals surface area (Å²) in [6, 6.07) is 12.6. The van der Waals surface area contributed by atoms with E-state index in [9.17, 15) is 4.79 Å². The zero-order valence-corrected chi connectivity index (χ0v) is 16.8. The lowest BCUT2D eigenvalue weighted by Crippen LogP contribution is -2.48. The molecular weight excluding hydrogens is 408 g/mol. The minimum atomic E-state index is -0.00393. The van der Waals surface area contributed by atoms with Crippen LogP contribution in [0.2, 0.25) is 5.02 Å². The number of benzene rings is 2. The van der Waals surface area contributed by atoms with Crippen LogP contribution < -0.4 is 9.47 Å². The first-order valence-corrected chi connectivity index (χ1v) is 10.0. The molecule has 0 unspecified atom stereocenters. The largest absolute Gasteiger partial charge is 0.454 e. The van der Waals surface area contributed by atoms with Crippen LogP contribution in [0.15, 0.2) is 47.0 Å². The lowest BCUT2D eigenvalue weighted by Gasteiger charge is -2.34. The van der Waals surface area contributed by atoms with Crippen LogP contribution in [-0.4, -0.2) is 58.8 Å². The fourth-order valence-corrected chi connectivity index (χ4v) is 3.77. The SMILES string of the molecule is O=C(c1ccc2c(c1)OCO2)N1CCN(Cc2noc(-c3cccc(Cl)c3)n2)CC1. The molecule has 2 aliphatic heterocycles. The van der Waals surface area contributed by atoms with Crippen molar-refractivity contribution in [1.82, 2.24) is 19.9 Å². The number of carbonyl (C=O) groups excluding carboxylic acids is 1. The van der Waals surface area contributed by atoms with Gasteiger partial charge < -0.3 is 18.9 Å². The van der Waals surface area contributed by atoms with Gasteiger partial charge in [0, 0.05) is 42.3 Å². The van der Waals surface area contributed by atoms with Crippen LogP contribution in [0.3, 0.4) is 0 Å². The van der Waals surface area contributed by atoms with Gasteiger partial charge in [-0.15, -0.1) is 0 Å². The molecule has 1 saturated heterocycles. The Morgan fingerprint density at radius 3 is 2.70 bits per heavy atom. The second-order valence-corrected chi connectivity index (χ2v) is 7.60. The highest BCUT2D eigenvalue weighted by Crippen LogP contribution is 2.33. The number of aromatic nitrogens is 2. The minimum Gasteiger partial charge on any atom is -0.454 e. The normalized spacial score (nSPS) is 16.1. The maximum absolute atomic E-state index is 12.8. The van der Waals surface area contributed by atoms with E-state index < -0.39 is 0 Å². The third-order valence-corrected chi connectivity index (χ3v) is 5.42. The van der Waals surface area contributed by atoms with Crippen molar-refractivity contribution < 1.29 is 18.8 Å². The second-order valence-electron chi connectivity index (χ2n) is 7.16. The van der Waals surface area contributed by atoms with Gasteiger partial charge in [0.25, 0.3) is 11.8 Å². The summed E-state index contributed by atoms with van der Waals surface area (Å²) in [6.45, 7) is 3.49. The number of carbonyl (C=O) groups is 1. The average molecular weight is 427 g/mol. The predicted molar refractivity (Wildman–Crippen MR) is 108 cm³/mol. The highest BCUT2D eigenvalue weighted by molar-refractivity contribution is 6.30. The summed E-state index contributed by atoms with van der Waals surface area (Å²) in [5, 5.41) is 4.70. The van der Waals surface area contributed by atoms with Crippen LogP contribution in [0.5, 0.6) is 11.5 Å². The van der Waals surface area contributed by atoms with Gasteiger partial charge in [-0.2, -0.15) is 4.98 Å². The maximum atomic E-state index is 12.8. The number of piperazine rings is 1. The molecule has 5 rings (SSSR count). The van der Waals surface area contributed by atoms with Crippen molar-refractivity contribution in [2.24, 2.45) is 0 Å². The molecule has 30 heavy (non-hydrogen) atoms. The van der Waals surface area contributed by atoms with Crippen molar-refractivity contribution in [2.75, 3.05) is 33.0 Å². The second kappa shape index (κ2) is 7.97. The van der Waals surface area contributed by atoms with Gasteiger partial charge in [-0.3, -0.25) is 9.69 Å². The van der Waals surface area contributed by atoms with E-state index in [1.807, 2.05) is 17.0 Å². The molecule has 0 bridgehead atoms. The molecule has 1 aromatic heterocycles. The fraction of sp³-hybridized carbons (Fsp3) is 0.286. The molecule has 0 aliphatic carbocycles. The van der Waals surface area contributed by atoms with E-state index in [-0.39, 0.29) is 12.7 Å². The van der Waals surface area contributed by atoms with Crippen molar-refractivity contribution in [3.05, 3.63) is 58.9 Å². The Morgan fingerprint density at radius 1 is 1.03 bits per heavy atom. The van der Waals surface area contributed by atoms with Gasteiger partial charge >= 0.3 is 0 Å². The van der Waals surface area contributed by atoms with E-state index >= 15 is 0 Å². The van der Waals surface area contributed by atoms with Crippen LogP contribution >= 0.6 is 11.6 Å². The molecule has 2 aliphatic rings. The van der Waals surface area contributed by atoms with Crippen molar-refractivity contribution in [3.8, 4) is 23.0 Å². The summed E-state index contributed by atoms with van der Waals surface area (Å²) in [7, 11) is 0. The Labute approximate surface area is 177 Å². The monoisotopic (exact) mass is 426 g/mol. The molecule has 8 nitrogen and oxygen atoms in total. The Balaban J connectivity index is 1.18. The van der Waals surface area contributed by atoms with Gasteiger partial charge in [0.15, 0.2) is 17.3 Å². The van der Waals surface area contributed by atoms with Gasteiger partial charge in [-0.05, 0) is 36.4 Å². The first-order valence-electron chi connectivity index (χ1n) is 9.65. The van der Waals surface area contributed by atoms with Crippen LogP contribution in [0.1, 0.15) is 16.2 Å². The van der Waals surface area contributed by atoms with Crippen LogP contribution in [0.25, 0.3) is 11.5 Å². The molecule has 0 spiro atoms. The molecule has 0 saturated carbocycles. The quantitative estimate of drug-likeness (QED) is 0.634. The number of hydrogen-bond donors (Lipinski definition) is 0. The number of rotatable bonds is 4. The van der Waals surface area contributed by atoms with Gasteiger partial charge in [0.2, 0.25) is 6.79 Å². The summed E-state index contributed by atoms with van der Waals surface area (Å²) < 4.78 is 16.0. The third kappa shape index (κ3) is 3.83. The number of amides is 1. The minimum absolute atomic E-state index is 0.00393. The number of halogens is 1. The number of ether oxygens (including phenoxy) is 2. The molecular formula is C21H19ClN4O4. The zero-order chi connectivity index (χ0) is 20.5. The third-order valence-electron chi connectivity index (χ3n) is 5.18. The van der Waals surface area contributed by atoms with Crippen molar-refractivity contribution >= 4 is 17.5 Å². The Morgan fingerprint density at radius 2 is 1.87 bits per heavy atom. The standard InChI is InChI=1S/C21H19ClN4O4/c22-16-3-1-2-14(10-16)20-23-19(24-30-20)12-25-6-8-26(9-7-25)21(27)15-4-5-17-18(11-15)29-13-28-17/h1-5,10-11H,6-9,12-13H2. The molecule has 9 heteroatoms. The molecule has 0 radical (unpaired) electrons. The topological polar surface area (TPSA) is 80.9 Å². The number of fused-ring (bicyclic) bond motifs is 1. The van der Waals surface area contributed by atoms with Crippen LogP contribution in [0, 0.1) is 0 Å². The number of nitrogens with zero attached hydrogens (tertiary/aromatic N) is 4. The molecule has 0 N–H and O–H groups in total. The first kappa shape index (κ1) is 18.9. The summed E-state index contributed by atoms with van der Waals surface area (Å²) in [6.07, 6.45) is 0. The van der Waals surface area contributed by atoms with E-state index in [1.165, 1.54) is 0 Å². The molecule has 2 aromatic carbocycles. The van der Waals surface area contributed by atoms with Crippen molar-refractivity contribution in [1.29, 1.82) is 0 Å². The Bertz CT molecular complexity index is 1080. The summed E-state index contributed by atoms with van der Waals surface area (Å²) in [5.41, 5.74) is 1.40. The predicted octanol–water partition coefficient (Wildman–Crippen LogP) is 3.08. The van der Waals surface area contributed by atoms with Gasteiger partial charge in [0.05, 0.1) is 6.54 Å². The van der Waals surface area contributed by atoms with Gasteiger partial charge in [0.1, 0.15) is 0 Å². The number of hydrogen-bond acceptors (Lipinski definition) is 7. The molecule has 3 aromatic rings. The van der Waals surface area contributed by atoms with Crippen molar-refractivity contribution in [3.63, 3.8) is 0 Å². The summed E-state index contributed by atoms with van der Waals surface area (Å²) in [5.74, 6) is 2.35. The Hall–Kier alpha value is -3.10. The van der Waals surface area contributed by atoms with E-state index in [1.54, 1.807) is 30.3 Å². The molecule has 1 fully saturated rings. The van der Waals surface area contributed by atoms with Gasteiger partial charge in [-0.25, -0.2) is 0 Å². The van der Waals surface area contributed by atoms with Crippen LogP contribution in [-0.2, 0) is 6.54 Å². The van der Waals surface area contributed by atoms with Crippen LogP contribution in [0.4, 0.5) is 0 Å². The molecule has 0 atom stereocenters. The summed E-state index contributed by atoms with van der Waals surface area (Å²) in [4.78, 5) is 21.3.